The van der Waals surface area contributed by atoms with E-state index in [0.717, 1.165) is 36.1 Å². The molecule has 0 saturated carbocycles. The van der Waals surface area contributed by atoms with E-state index in [1.54, 1.807) is 20.3 Å². The molecule has 1 aliphatic rings. The molecule has 7 heteroatoms. The lowest BCUT2D eigenvalue weighted by molar-refractivity contribution is 0.0943. The zero-order chi connectivity index (χ0) is 22.5. The highest BCUT2D eigenvalue weighted by atomic mass is 16.5. The van der Waals surface area contributed by atoms with Gasteiger partial charge in [-0.25, -0.2) is 4.98 Å². The van der Waals surface area contributed by atoms with Gasteiger partial charge in [-0.05, 0) is 50.2 Å². The molecule has 1 amide bonds. The fourth-order valence-electron chi connectivity index (χ4n) is 4.34. The highest BCUT2D eigenvalue weighted by molar-refractivity contribution is 6.07. The summed E-state index contributed by atoms with van der Waals surface area (Å²) in [6.07, 6.45) is 2.31. The van der Waals surface area contributed by atoms with Gasteiger partial charge in [0.2, 0.25) is 0 Å². The number of rotatable bonds is 8. The number of benzene rings is 2. The summed E-state index contributed by atoms with van der Waals surface area (Å²) in [5.74, 6) is 1.78. The van der Waals surface area contributed by atoms with Gasteiger partial charge < -0.3 is 20.1 Å². The molecule has 3 aromatic rings. The van der Waals surface area contributed by atoms with Crippen molar-refractivity contribution in [2.75, 3.05) is 39.2 Å². The second kappa shape index (κ2) is 9.87. The van der Waals surface area contributed by atoms with E-state index in [9.17, 15) is 4.79 Å². The molecule has 1 atom stereocenters. The van der Waals surface area contributed by atoms with Gasteiger partial charge in [0.15, 0.2) is 11.5 Å². The number of amides is 1. The van der Waals surface area contributed by atoms with E-state index in [1.165, 1.54) is 6.42 Å². The van der Waals surface area contributed by atoms with Gasteiger partial charge in [0.25, 0.3) is 5.91 Å². The van der Waals surface area contributed by atoms with Crippen LogP contribution in [0.4, 0.5) is 11.5 Å². The molecule has 2 N–H and O–H groups in total. The predicted octanol–water partition coefficient (Wildman–Crippen LogP) is 4.21. The van der Waals surface area contributed by atoms with Crippen molar-refractivity contribution in [3.8, 4) is 11.5 Å². The summed E-state index contributed by atoms with van der Waals surface area (Å²) in [5.41, 5.74) is 2.17. The van der Waals surface area contributed by atoms with Crippen molar-refractivity contribution >= 4 is 28.3 Å². The number of fused-ring (bicyclic) bond motifs is 1. The number of anilines is 2. The molecule has 0 bridgehead atoms. The van der Waals surface area contributed by atoms with E-state index in [-0.39, 0.29) is 5.91 Å². The smallest absolute Gasteiger partial charge is 0.252 e. The number of hydrogen-bond donors (Lipinski definition) is 2. The monoisotopic (exact) mass is 434 g/mol. The van der Waals surface area contributed by atoms with E-state index in [2.05, 4.69) is 22.5 Å². The van der Waals surface area contributed by atoms with Gasteiger partial charge in [0.1, 0.15) is 5.82 Å². The van der Waals surface area contributed by atoms with Gasteiger partial charge in [-0.3, -0.25) is 9.69 Å². The van der Waals surface area contributed by atoms with Crippen molar-refractivity contribution in [3.63, 3.8) is 0 Å². The third-order valence-corrected chi connectivity index (χ3v) is 6.02. The van der Waals surface area contributed by atoms with Crippen molar-refractivity contribution in [1.29, 1.82) is 0 Å². The van der Waals surface area contributed by atoms with Crippen LogP contribution >= 0.6 is 0 Å². The first-order valence-electron chi connectivity index (χ1n) is 11.0. The molecule has 2 aromatic carbocycles. The lowest BCUT2D eigenvalue weighted by Gasteiger charge is -2.23. The topological polar surface area (TPSA) is 75.7 Å². The summed E-state index contributed by atoms with van der Waals surface area (Å²) in [6.45, 7) is 4.94. The zero-order valence-electron chi connectivity index (χ0n) is 18.9. The Morgan fingerprint density at radius 3 is 2.72 bits per heavy atom. The average molecular weight is 435 g/mol. The van der Waals surface area contributed by atoms with Crippen LogP contribution in [0.2, 0.25) is 0 Å². The second-order valence-corrected chi connectivity index (χ2v) is 7.90. The molecule has 1 unspecified atom stereocenters. The quantitative estimate of drug-likeness (QED) is 0.553. The summed E-state index contributed by atoms with van der Waals surface area (Å²) in [6, 6.07) is 15.5. The number of aromatic nitrogens is 1. The normalized spacial score (nSPS) is 16.2. The number of methoxy groups -OCH3 is 2. The van der Waals surface area contributed by atoms with Crippen molar-refractivity contribution in [2.45, 2.75) is 25.8 Å². The molecule has 1 aromatic heterocycles. The van der Waals surface area contributed by atoms with Gasteiger partial charge >= 0.3 is 0 Å². The van der Waals surface area contributed by atoms with Crippen LogP contribution in [0.15, 0.2) is 48.5 Å². The number of nitrogens with one attached hydrogen (secondary N) is 2. The number of likely N-dealkylation sites (N-methyl/N-ethyl adjacent to an activating group) is 1. The number of nitrogens with zero attached hydrogens (tertiary/aromatic N) is 2. The molecule has 32 heavy (non-hydrogen) atoms. The summed E-state index contributed by atoms with van der Waals surface area (Å²) >= 11 is 0. The first kappa shape index (κ1) is 21.9. The molecule has 0 radical (unpaired) electrons. The van der Waals surface area contributed by atoms with E-state index in [4.69, 9.17) is 14.5 Å². The molecule has 0 spiro atoms. The summed E-state index contributed by atoms with van der Waals surface area (Å²) in [5, 5.41) is 7.28. The van der Waals surface area contributed by atoms with Crippen molar-refractivity contribution < 1.29 is 14.3 Å². The molecule has 168 valence electrons. The van der Waals surface area contributed by atoms with Gasteiger partial charge in [-0.15, -0.1) is 0 Å². The number of ether oxygens (including phenoxy) is 2. The third kappa shape index (κ3) is 4.62. The minimum atomic E-state index is -0.0816. The minimum absolute atomic E-state index is 0.0816. The summed E-state index contributed by atoms with van der Waals surface area (Å²) in [4.78, 5) is 20.3. The highest BCUT2D eigenvalue weighted by Crippen LogP contribution is 2.31. The number of carbonyl (C=O) groups excluding carboxylic acids is 1. The Labute approximate surface area is 188 Å². The molecular formula is C25H30N4O3. The van der Waals surface area contributed by atoms with Crippen LogP contribution in [0.5, 0.6) is 11.5 Å². The fourth-order valence-corrected chi connectivity index (χ4v) is 4.34. The van der Waals surface area contributed by atoms with Crippen molar-refractivity contribution in [2.24, 2.45) is 0 Å². The number of likely N-dealkylation sites (tertiary alicyclic amines) is 1. The minimum Gasteiger partial charge on any atom is -0.493 e. The van der Waals surface area contributed by atoms with E-state index >= 15 is 0 Å². The Morgan fingerprint density at radius 2 is 1.94 bits per heavy atom. The molecule has 2 heterocycles. The van der Waals surface area contributed by atoms with Crippen LogP contribution in [0.25, 0.3) is 10.9 Å². The van der Waals surface area contributed by atoms with Crippen LogP contribution in [0.1, 0.15) is 30.1 Å². The van der Waals surface area contributed by atoms with Crippen molar-refractivity contribution in [1.82, 2.24) is 15.2 Å². The van der Waals surface area contributed by atoms with Crippen molar-refractivity contribution in [3.05, 3.63) is 54.1 Å². The number of para-hydroxylation sites is 1. The van der Waals surface area contributed by atoms with E-state index in [0.29, 0.717) is 35.5 Å². The zero-order valence-corrected chi connectivity index (χ0v) is 18.9. The van der Waals surface area contributed by atoms with Gasteiger partial charge in [0.05, 0.1) is 25.3 Å². The Bertz CT molecular complexity index is 1100. The maximum Gasteiger partial charge on any atom is 0.252 e. The van der Waals surface area contributed by atoms with E-state index < -0.39 is 0 Å². The maximum atomic E-state index is 13.2. The first-order valence-corrected chi connectivity index (χ1v) is 11.0. The number of hydrogen-bond acceptors (Lipinski definition) is 6. The number of carbonyl (C=O) groups is 1. The van der Waals surface area contributed by atoms with Gasteiger partial charge in [-0.2, -0.15) is 0 Å². The van der Waals surface area contributed by atoms with Crippen LogP contribution in [-0.4, -0.2) is 55.7 Å². The molecule has 4 rings (SSSR count). The summed E-state index contributed by atoms with van der Waals surface area (Å²) in [7, 11) is 3.20. The van der Waals surface area contributed by atoms with Crippen LogP contribution < -0.4 is 20.1 Å². The number of pyridine rings is 1. The molecule has 0 aliphatic carbocycles. The standard InChI is InChI=1S/C25H30N4O3/c1-4-29-13-7-8-18(29)16-26-25(30)20-15-24(28-21-10-6-5-9-19(20)21)27-17-11-12-22(31-2)23(14-17)32-3/h5-6,9-12,14-15,18H,4,7-8,13,16H2,1-3H3,(H,26,30)(H,27,28). The Kier molecular flexibility index (Phi) is 6.75. The first-order chi connectivity index (χ1) is 15.6. The fraction of sp³-hybridized carbons (Fsp3) is 0.360. The van der Waals surface area contributed by atoms with Crippen LogP contribution in [-0.2, 0) is 0 Å². The van der Waals surface area contributed by atoms with E-state index in [1.807, 2.05) is 42.5 Å². The molecule has 7 nitrogen and oxygen atoms in total. The SMILES string of the molecule is CCN1CCCC1CNC(=O)c1cc(Nc2ccc(OC)c(OC)c2)nc2ccccc12. The summed E-state index contributed by atoms with van der Waals surface area (Å²) < 4.78 is 10.7. The van der Waals surface area contributed by atoms with Gasteiger partial charge in [0, 0.05) is 29.7 Å². The van der Waals surface area contributed by atoms with Crippen LogP contribution in [0, 0.1) is 0 Å². The Morgan fingerprint density at radius 1 is 1.12 bits per heavy atom. The van der Waals surface area contributed by atoms with Gasteiger partial charge in [-0.1, -0.05) is 25.1 Å². The molecule has 1 saturated heterocycles. The molecule has 1 aliphatic heterocycles. The lowest BCUT2D eigenvalue weighted by Crippen LogP contribution is -2.40. The maximum absolute atomic E-state index is 13.2. The highest BCUT2D eigenvalue weighted by Gasteiger charge is 2.24. The largest absolute Gasteiger partial charge is 0.493 e. The second-order valence-electron chi connectivity index (χ2n) is 7.90. The Balaban J connectivity index is 1.59. The third-order valence-electron chi connectivity index (χ3n) is 6.02. The lowest BCUT2D eigenvalue weighted by atomic mass is 10.1. The molecule has 1 fully saturated rings. The predicted molar refractivity (Wildman–Crippen MR) is 127 cm³/mol. The average Bonchev–Trinajstić information content (AvgIpc) is 3.29. The van der Waals surface area contributed by atoms with Crippen LogP contribution in [0.3, 0.4) is 0 Å². The molecular weight excluding hydrogens is 404 g/mol. The Hall–Kier alpha value is -3.32.